The Bertz CT molecular complexity index is 513. The van der Waals surface area contributed by atoms with Crippen LogP contribution in [0.3, 0.4) is 0 Å². The van der Waals surface area contributed by atoms with Crippen molar-refractivity contribution in [3.05, 3.63) is 47.7 Å². The first kappa shape index (κ1) is 13.4. The van der Waals surface area contributed by atoms with Crippen LogP contribution in [-0.2, 0) is 0 Å². The molecule has 1 aliphatic rings. The maximum absolute atomic E-state index is 11.8. The fourth-order valence-corrected chi connectivity index (χ4v) is 2.21. The van der Waals surface area contributed by atoms with Crippen LogP contribution in [0, 0.1) is 11.8 Å². The van der Waals surface area contributed by atoms with E-state index in [1.54, 1.807) is 12.1 Å². The van der Waals surface area contributed by atoms with Crippen LogP contribution in [0.5, 0.6) is 0 Å². The standard InChI is InChI=1S/C17H19NO/c1-15(18-13-6-3-7-14-18)9-8-12-17(19)16-10-4-2-5-11-16/h2,4-5,9-11H,3,6-7,13-14H2,1H3/b15-9-. The Hall–Kier alpha value is -2.01. The summed E-state index contributed by atoms with van der Waals surface area (Å²) >= 11 is 0. The molecule has 0 N–H and O–H groups in total. The second kappa shape index (κ2) is 6.80. The highest BCUT2D eigenvalue weighted by Crippen LogP contribution is 2.13. The van der Waals surface area contributed by atoms with Gasteiger partial charge in [0.05, 0.1) is 0 Å². The van der Waals surface area contributed by atoms with Crippen LogP contribution >= 0.6 is 0 Å². The third kappa shape index (κ3) is 3.99. The van der Waals surface area contributed by atoms with Crippen molar-refractivity contribution in [1.29, 1.82) is 0 Å². The van der Waals surface area contributed by atoms with Crippen molar-refractivity contribution in [1.82, 2.24) is 4.90 Å². The van der Waals surface area contributed by atoms with Crippen molar-refractivity contribution in [2.24, 2.45) is 0 Å². The van der Waals surface area contributed by atoms with Crippen molar-refractivity contribution in [3.63, 3.8) is 0 Å². The second-order valence-electron chi connectivity index (χ2n) is 4.80. The lowest BCUT2D eigenvalue weighted by atomic mass is 10.1. The van der Waals surface area contributed by atoms with E-state index in [0.29, 0.717) is 5.56 Å². The van der Waals surface area contributed by atoms with Gasteiger partial charge in [-0.3, -0.25) is 4.79 Å². The summed E-state index contributed by atoms with van der Waals surface area (Å²) < 4.78 is 0. The van der Waals surface area contributed by atoms with Crippen LogP contribution in [-0.4, -0.2) is 23.8 Å². The SMILES string of the molecule is C/C(=C/C#CC(=O)c1ccccc1)N1CCCCC1. The number of likely N-dealkylation sites (tertiary alicyclic amines) is 1. The summed E-state index contributed by atoms with van der Waals surface area (Å²) in [5, 5.41) is 0. The average Bonchev–Trinajstić information content (AvgIpc) is 2.49. The minimum absolute atomic E-state index is 0.122. The summed E-state index contributed by atoms with van der Waals surface area (Å²) in [6.45, 7) is 4.28. The van der Waals surface area contributed by atoms with Crippen molar-refractivity contribution >= 4 is 5.78 Å². The lowest BCUT2D eigenvalue weighted by Crippen LogP contribution is -2.27. The minimum atomic E-state index is -0.122. The van der Waals surface area contributed by atoms with Crippen LogP contribution in [0.1, 0.15) is 36.5 Å². The molecule has 2 nitrogen and oxygen atoms in total. The second-order valence-corrected chi connectivity index (χ2v) is 4.80. The predicted octanol–water partition coefficient (Wildman–Crippen LogP) is 3.26. The Kier molecular flexibility index (Phi) is 4.80. The molecule has 1 fully saturated rings. The van der Waals surface area contributed by atoms with Gasteiger partial charge in [0.2, 0.25) is 5.78 Å². The monoisotopic (exact) mass is 253 g/mol. The van der Waals surface area contributed by atoms with Gasteiger partial charge in [-0.2, -0.15) is 0 Å². The zero-order chi connectivity index (χ0) is 13.5. The number of hydrogen-bond acceptors (Lipinski definition) is 2. The molecule has 0 bridgehead atoms. The molecular weight excluding hydrogens is 234 g/mol. The highest BCUT2D eigenvalue weighted by Gasteiger charge is 2.09. The number of piperidine rings is 1. The van der Waals surface area contributed by atoms with E-state index in [4.69, 9.17) is 0 Å². The fourth-order valence-electron chi connectivity index (χ4n) is 2.21. The van der Waals surface area contributed by atoms with Crippen LogP contribution in [0.2, 0.25) is 0 Å². The van der Waals surface area contributed by atoms with Crippen molar-refractivity contribution in [2.45, 2.75) is 26.2 Å². The molecule has 1 aliphatic heterocycles. The zero-order valence-electron chi connectivity index (χ0n) is 11.4. The molecule has 1 aromatic carbocycles. The van der Waals surface area contributed by atoms with E-state index in [2.05, 4.69) is 23.7 Å². The summed E-state index contributed by atoms with van der Waals surface area (Å²) in [7, 11) is 0. The number of benzene rings is 1. The summed E-state index contributed by atoms with van der Waals surface area (Å²) in [5.41, 5.74) is 1.81. The van der Waals surface area contributed by atoms with Gasteiger partial charge in [-0.15, -0.1) is 0 Å². The van der Waals surface area contributed by atoms with Crippen molar-refractivity contribution < 1.29 is 4.79 Å². The third-order valence-corrected chi connectivity index (χ3v) is 3.36. The Morgan fingerprint density at radius 1 is 1.16 bits per heavy atom. The Balaban J connectivity index is 1.98. The van der Waals surface area contributed by atoms with Crippen LogP contribution < -0.4 is 0 Å². The molecular formula is C17H19NO. The number of carbonyl (C=O) groups is 1. The number of ketones is 1. The average molecular weight is 253 g/mol. The highest BCUT2D eigenvalue weighted by molar-refractivity contribution is 6.09. The maximum Gasteiger partial charge on any atom is 0.236 e. The molecule has 1 saturated heterocycles. The van der Waals surface area contributed by atoms with Crippen LogP contribution in [0.15, 0.2) is 42.1 Å². The molecule has 98 valence electrons. The Morgan fingerprint density at radius 3 is 2.53 bits per heavy atom. The Labute approximate surface area is 115 Å². The number of carbonyl (C=O) groups excluding carboxylic acids is 1. The number of allylic oxidation sites excluding steroid dienone is 2. The first-order chi connectivity index (χ1) is 9.27. The zero-order valence-corrected chi connectivity index (χ0v) is 11.4. The molecule has 0 unspecified atom stereocenters. The quantitative estimate of drug-likeness (QED) is 0.458. The van der Waals surface area contributed by atoms with Gasteiger partial charge in [-0.25, -0.2) is 0 Å². The normalized spacial score (nSPS) is 15.6. The largest absolute Gasteiger partial charge is 0.375 e. The van der Waals surface area contributed by atoms with Gasteiger partial charge in [0.25, 0.3) is 0 Å². The van der Waals surface area contributed by atoms with E-state index >= 15 is 0 Å². The number of hydrogen-bond donors (Lipinski definition) is 0. The first-order valence-corrected chi connectivity index (χ1v) is 6.80. The molecule has 0 radical (unpaired) electrons. The molecule has 0 aliphatic carbocycles. The minimum Gasteiger partial charge on any atom is -0.375 e. The number of rotatable bonds is 2. The van der Waals surface area contributed by atoms with E-state index in [1.807, 2.05) is 24.3 Å². The molecule has 0 aromatic heterocycles. The number of nitrogens with zero attached hydrogens (tertiary/aromatic N) is 1. The molecule has 0 atom stereocenters. The first-order valence-electron chi connectivity index (χ1n) is 6.80. The van der Waals surface area contributed by atoms with Crippen molar-refractivity contribution in [3.8, 4) is 11.8 Å². The summed E-state index contributed by atoms with van der Waals surface area (Å²) in [4.78, 5) is 14.1. The molecule has 2 heteroatoms. The molecule has 1 aromatic rings. The number of Topliss-reactive ketones (excluding diaryl/α,β-unsaturated/α-hetero) is 1. The van der Waals surface area contributed by atoms with E-state index in [9.17, 15) is 4.79 Å². The van der Waals surface area contributed by atoms with Crippen LogP contribution in [0.4, 0.5) is 0 Å². The molecule has 0 amide bonds. The molecule has 0 spiro atoms. The topological polar surface area (TPSA) is 20.3 Å². The lowest BCUT2D eigenvalue weighted by molar-refractivity contribution is 0.105. The summed E-state index contributed by atoms with van der Waals surface area (Å²) in [6, 6.07) is 9.18. The van der Waals surface area contributed by atoms with Gasteiger partial charge in [0.15, 0.2) is 0 Å². The highest BCUT2D eigenvalue weighted by atomic mass is 16.1. The molecule has 1 heterocycles. The predicted molar refractivity (Wildman–Crippen MR) is 77.7 cm³/mol. The Morgan fingerprint density at radius 2 is 1.84 bits per heavy atom. The summed E-state index contributed by atoms with van der Waals surface area (Å²) in [5.74, 6) is 5.43. The smallest absolute Gasteiger partial charge is 0.236 e. The van der Waals surface area contributed by atoms with Gasteiger partial charge in [0, 0.05) is 30.4 Å². The molecule has 2 rings (SSSR count). The van der Waals surface area contributed by atoms with Gasteiger partial charge in [-0.05, 0) is 32.1 Å². The van der Waals surface area contributed by atoms with Gasteiger partial charge in [0.1, 0.15) is 0 Å². The summed E-state index contributed by atoms with van der Waals surface area (Å²) in [6.07, 6.45) is 5.68. The third-order valence-electron chi connectivity index (χ3n) is 3.36. The lowest BCUT2D eigenvalue weighted by Gasteiger charge is -2.28. The van der Waals surface area contributed by atoms with E-state index in [1.165, 1.54) is 19.3 Å². The van der Waals surface area contributed by atoms with Crippen molar-refractivity contribution in [2.75, 3.05) is 13.1 Å². The van der Waals surface area contributed by atoms with E-state index in [-0.39, 0.29) is 5.78 Å². The van der Waals surface area contributed by atoms with Gasteiger partial charge >= 0.3 is 0 Å². The van der Waals surface area contributed by atoms with Crippen LogP contribution in [0.25, 0.3) is 0 Å². The molecule has 19 heavy (non-hydrogen) atoms. The van der Waals surface area contributed by atoms with Gasteiger partial charge < -0.3 is 4.90 Å². The fraction of sp³-hybridized carbons (Fsp3) is 0.353. The van der Waals surface area contributed by atoms with Gasteiger partial charge in [-0.1, -0.05) is 36.3 Å². The molecule has 0 saturated carbocycles. The van der Waals surface area contributed by atoms with E-state index < -0.39 is 0 Å². The maximum atomic E-state index is 11.8. The van der Waals surface area contributed by atoms with E-state index in [0.717, 1.165) is 18.8 Å².